The Morgan fingerprint density at radius 3 is 3.00 bits per heavy atom. The zero-order valence-corrected chi connectivity index (χ0v) is 6.56. The van der Waals surface area contributed by atoms with Crippen LogP contribution in [0.15, 0.2) is 12.3 Å². The van der Waals surface area contributed by atoms with Gasteiger partial charge >= 0.3 is 0 Å². The molecule has 0 saturated heterocycles. The number of ketones is 1. The molecule has 0 unspecified atom stereocenters. The lowest BCUT2D eigenvalue weighted by atomic mass is 10.2. The van der Waals surface area contributed by atoms with Gasteiger partial charge in [-0.15, -0.1) is 0 Å². The van der Waals surface area contributed by atoms with Crippen molar-refractivity contribution in [2.75, 3.05) is 0 Å². The first-order valence-corrected chi connectivity index (χ1v) is 3.83. The third-order valence-corrected chi connectivity index (χ3v) is 2.16. The van der Waals surface area contributed by atoms with Crippen molar-refractivity contribution in [1.29, 1.82) is 0 Å². The molecular weight excluding hydrogens is 162 g/mol. The van der Waals surface area contributed by atoms with Crippen LogP contribution in [0.25, 0.3) is 0 Å². The summed E-state index contributed by atoms with van der Waals surface area (Å²) in [6.45, 7) is 0. The van der Waals surface area contributed by atoms with Gasteiger partial charge in [-0.1, -0.05) is 11.6 Å². The second kappa shape index (κ2) is 2.31. The van der Waals surface area contributed by atoms with Crippen molar-refractivity contribution >= 4 is 17.4 Å². The van der Waals surface area contributed by atoms with Crippen LogP contribution < -0.4 is 0 Å². The third-order valence-electron chi connectivity index (χ3n) is 1.85. The number of aryl methyl sites for hydroxylation is 1. The number of carbonyl (C=O) groups is 1. The number of hydrogen-bond donors (Lipinski definition) is 0. The van der Waals surface area contributed by atoms with Gasteiger partial charge in [-0.3, -0.25) is 9.78 Å². The monoisotopic (exact) mass is 167 g/mol. The van der Waals surface area contributed by atoms with Crippen LogP contribution in [-0.2, 0) is 6.42 Å². The van der Waals surface area contributed by atoms with Crippen molar-refractivity contribution in [1.82, 2.24) is 4.98 Å². The normalized spacial score (nSPS) is 15.2. The summed E-state index contributed by atoms with van der Waals surface area (Å²) in [4.78, 5) is 15.2. The minimum absolute atomic E-state index is 0.123. The van der Waals surface area contributed by atoms with Gasteiger partial charge in [0.2, 0.25) is 0 Å². The highest BCUT2D eigenvalue weighted by molar-refractivity contribution is 6.34. The first-order chi connectivity index (χ1) is 5.29. The molecule has 0 fully saturated rings. The van der Waals surface area contributed by atoms with Crippen LogP contribution in [0.1, 0.15) is 22.5 Å². The fraction of sp³-hybridized carbons (Fsp3) is 0.250. The van der Waals surface area contributed by atoms with E-state index in [1.165, 1.54) is 0 Å². The van der Waals surface area contributed by atoms with Crippen LogP contribution in [0.3, 0.4) is 0 Å². The molecule has 0 saturated carbocycles. The van der Waals surface area contributed by atoms with Crippen LogP contribution in [-0.4, -0.2) is 10.8 Å². The molecule has 0 amide bonds. The maximum absolute atomic E-state index is 11.2. The molecule has 1 aromatic rings. The second-order valence-corrected chi connectivity index (χ2v) is 2.94. The molecule has 0 radical (unpaired) electrons. The van der Waals surface area contributed by atoms with Gasteiger partial charge in [0, 0.05) is 12.6 Å². The van der Waals surface area contributed by atoms with Crippen molar-refractivity contribution in [2.45, 2.75) is 12.8 Å². The fourth-order valence-electron chi connectivity index (χ4n) is 1.32. The highest BCUT2D eigenvalue weighted by atomic mass is 35.5. The smallest absolute Gasteiger partial charge is 0.166 e. The molecule has 1 aliphatic carbocycles. The first kappa shape index (κ1) is 6.80. The van der Waals surface area contributed by atoms with E-state index in [1.807, 2.05) is 0 Å². The molecule has 1 heterocycles. The molecule has 0 bridgehead atoms. The van der Waals surface area contributed by atoms with E-state index in [0.29, 0.717) is 17.0 Å². The van der Waals surface area contributed by atoms with Crippen LogP contribution in [0.2, 0.25) is 5.02 Å². The molecule has 0 N–H and O–H groups in total. The van der Waals surface area contributed by atoms with E-state index >= 15 is 0 Å². The van der Waals surface area contributed by atoms with Crippen molar-refractivity contribution in [2.24, 2.45) is 0 Å². The van der Waals surface area contributed by atoms with Gasteiger partial charge in [-0.25, -0.2) is 0 Å². The summed E-state index contributed by atoms with van der Waals surface area (Å²) in [5, 5.41) is 0.539. The summed E-state index contributed by atoms with van der Waals surface area (Å²) < 4.78 is 0. The number of nitrogens with zero attached hydrogens (tertiary/aromatic N) is 1. The molecule has 0 spiro atoms. The molecule has 0 atom stereocenters. The maximum atomic E-state index is 11.2. The number of aromatic nitrogens is 1. The Morgan fingerprint density at radius 2 is 2.27 bits per heavy atom. The Hall–Kier alpha value is -0.890. The Labute approximate surface area is 69.2 Å². The summed E-state index contributed by atoms with van der Waals surface area (Å²) in [6.07, 6.45) is 2.94. The third kappa shape index (κ3) is 0.942. The molecule has 2 rings (SSSR count). The molecule has 11 heavy (non-hydrogen) atoms. The molecule has 0 aromatic carbocycles. The molecular formula is C8H6ClNO. The largest absolute Gasteiger partial charge is 0.294 e. The number of fused-ring (bicyclic) bond motifs is 1. The lowest BCUT2D eigenvalue weighted by Crippen LogP contribution is -1.93. The highest BCUT2D eigenvalue weighted by Crippen LogP contribution is 2.26. The summed E-state index contributed by atoms with van der Waals surface area (Å²) >= 11 is 5.80. The predicted octanol–water partition coefficient (Wildman–Crippen LogP) is 1.86. The van der Waals surface area contributed by atoms with Gasteiger partial charge in [0.25, 0.3) is 0 Å². The Morgan fingerprint density at radius 1 is 1.45 bits per heavy atom. The summed E-state index contributed by atoms with van der Waals surface area (Å²) in [5.41, 5.74) is 1.48. The lowest BCUT2D eigenvalue weighted by Gasteiger charge is -1.96. The van der Waals surface area contributed by atoms with Gasteiger partial charge in [0.1, 0.15) is 0 Å². The van der Waals surface area contributed by atoms with E-state index in [4.69, 9.17) is 11.6 Å². The van der Waals surface area contributed by atoms with Gasteiger partial charge in [0.15, 0.2) is 5.78 Å². The van der Waals surface area contributed by atoms with E-state index < -0.39 is 0 Å². The van der Waals surface area contributed by atoms with Gasteiger partial charge < -0.3 is 0 Å². The number of halogens is 1. The van der Waals surface area contributed by atoms with E-state index in [2.05, 4.69) is 4.98 Å². The molecule has 56 valence electrons. The SMILES string of the molecule is O=C1CCc2nccc(Cl)c21. The highest BCUT2D eigenvalue weighted by Gasteiger charge is 2.22. The van der Waals surface area contributed by atoms with Crippen molar-refractivity contribution < 1.29 is 4.79 Å². The number of hydrogen-bond acceptors (Lipinski definition) is 2. The summed E-state index contributed by atoms with van der Waals surface area (Å²) in [7, 11) is 0. The number of rotatable bonds is 0. The second-order valence-electron chi connectivity index (χ2n) is 2.54. The van der Waals surface area contributed by atoms with Gasteiger partial charge in [-0.2, -0.15) is 0 Å². The topological polar surface area (TPSA) is 30.0 Å². The van der Waals surface area contributed by atoms with Crippen molar-refractivity contribution in [3.63, 3.8) is 0 Å². The minimum atomic E-state index is 0.123. The Kier molecular flexibility index (Phi) is 1.43. The Balaban J connectivity index is 2.68. The average molecular weight is 168 g/mol. The van der Waals surface area contributed by atoms with Crippen LogP contribution in [0.5, 0.6) is 0 Å². The van der Waals surface area contributed by atoms with Crippen molar-refractivity contribution in [3.05, 3.63) is 28.5 Å². The van der Waals surface area contributed by atoms with Crippen LogP contribution in [0, 0.1) is 0 Å². The van der Waals surface area contributed by atoms with Gasteiger partial charge in [-0.05, 0) is 12.5 Å². The number of pyridine rings is 1. The molecule has 0 aliphatic heterocycles. The molecule has 1 aromatic heterocycles. The standard InChI is InChI=1S/C8H6ClNO/c9-5-3-4-10-6-1-2-7(11)8(5)6/h3-4H,1-2H2. The predicted molar refractivity (Wildman–Crippen MR) is 41.9 cm³/mol. The van der Waals surface area contributed by atoms with Crippen LogP contribution >= 0.6 is 11.6 Å². The fourth-order valence-corrected chi connectivity index (χ4v) is 1.59. The lowest BCUT2D eigenvalue weighted by molar-refractivity contribution is 0.0994. The number of Topliss-reactive ketones (excluding diaryl/α,β-unsaturated/α-hetero) is 1. The van der Waals surface area contributed by atoms with E-state index in [1.54, 1.807) is 12.3 Å². The number of carbonyl (C=O) groups excluding carboxylic acids is 1. The molecule has 2 nitrogen and oxygen atoms in total. The maximum Gasteiger partial charge on any atom is 0.166 e. The van der Waals surface area contributed by atoms with E-state index in [9.17, 15) is 4.79 Å². The zero-order valence-electron chi connectivity index (χ0n) is 5.80. The van der Waals surface area contributed by atoms with Gasteiger partial charge in [0.05, 0.1) is 16.3 Å². The first-order valence-electron chi connectivity index (χ1n) is 3.45. The van der Waals surface area contributed by atoms with Crippen LogP contribution in [0.4, 0.5) is 0 Å². The molecule has 3 heteroatoms. The Bertz CT molecular complexity index is 322. The quantitative estimate of drug-likeness (QED) is 0.591. The molecule has 1 aliphatic rings. The zero-order chi connectivity index (χ0) is 7.84. The average Bonchev–Trinajstić information content (AvgIpc) is 2.34. The summed E-state index contributed by atoms with van der Waals surface area (Å²) in [6, 6.07) is 1.66. The summed E-state index contributed by atoms with van der Waals surface area (Å²) in [5.74, 6) is 0.123. The van der Waals surface area contributed by atoms with E-state index in [-0.39, 0.29) is 5.78 Å². The van der Waals surface area contributed by atoms with Crippen molar-refractivity contribution in [3.8, 4) is 0 Å². The minimum Gasteiger partial charge on any atom is -0.294 e. The van der Waals surface area contributed by atoms with E-state index in [0.717, 1.165) is 12.1 Å².